The highest BCUT2D eigenvalue weighted by Gasteiger charge is 2.18. The van der Waals surface area contributed by atoms with Crippen LogP contribution in [0.4, 0.5) is 0 Å². The summed E-state index contributed by atoms with van der Waals surface area (Å²) in [5.74, 6) is -0.408. The van der Waals surface area contributed by atoms with E-state index in [0.29, 0.717) is 12.2 Å². The molecule has 1 atom stereocenters. The van der Waals surface area contributed by atoms with Crippen LogP contribution in [0.1, 0.15) is 11.1 Å². The Morgan fingerprint density at radius 1 is 1.12 bits per heavy atom. The summed E-state index contributed by atoms with van der Waals surface area (Å²) in [5, 5.41) is 3.39. The Labute approximate surface area is 150 Å². The zero-order valence-electron chi connectivity index (χ0n) is 13.2. The number of esters is 1. The molecule has 0 bridgehead atoms. The highest BCUT2D eigenvalue weighted by Crippen LogP contribution is 2.15. The van der Waals surface area contributed by atoms with E-state index in [0.717, 1.165) is 5.56 Å². The molecular formula is C17H18Cl2N2O3. The molecular weight excluding hydrogens is 351 g/mol. The molecule has 7 heteroatoms. The van der Waals surface area contributed by atoms with Gasteiger partial charge in [0, 0.05) is 0 Å². The van der Waals surface area contributed by atoms with Gasteiger partial charge in [-0.2, -0.15) is 0 Å². The second kappa shape index (κ2) is 9.59. The number of aromatic nitrogens is 1. The molecule has 2 aromatic rings. The molecule has 1 aromatic carbocycles. The van der Waals surface area contributed by atoms with Crippen molar-refractivity contribution in [2.75, 3.05) is 13.7 Å². The monoisotopic (exact) mass is 368 g/mol. The molecule has 1 heterocycles. The predicted octanol–water partition coefficient (Wildman–Crippen LogP) is 3.24. The minimum Gasteiger partial charge on any atom is -0.460 e. The molecule has 0 aliphatic heterocycles. The molecule has 0 aliphatic carbocycles. The number of pyridine rings is 1. The van der Waals surface area contributed by atoms with Crippen LogP contribution in [0.2, 0.25) is 10.3 Å². The fourth-order valence-corrected chi connectivity index (χ4v) is 2.50. The van der Waals surface area contributed by atoms with Crippen LogP contribution in [0.25, 0.3) is 0 Å². The van der Waals surface area contributed by atoms with Gasteiger partial charge in [-0.15, -0.1) is 0 Å². The molecule has 128 valence electrons. The number of ether oxygens (including phenoxy) is 2. The third-order valence-corrected chi connectivity index (χ3v) is 3.62. The lowest BCUT2D eigenvalue weighted by Gasteiger charge is -2.15. The van der Waals surface area contributed by atoms with E-state index in [9.17, 15) is 4.79 Å². The fraction of sp³-hybridized carbons (Fsp3) is 0.294. The van der Waals surface area contributed by atoms with Gasteiger partial charge < -0.3 is 14.8 Å². The number of halogens is 2. The Balaban J connectivity index is 1.80. The van der Waals surface area contributed by atoms with Crippen LogP contribution in [-0.2, 0) is 27.5 Å². The van der Waals surface area contributed by atoms with E-state index in [1.54, 1.807) is 19.2 Å². The first-order valence-corrected chi connectivity index (χ1v) is 8.11. The number of nitrogens with zero attached hydrogens (tertiary/aromatic N) is 1. The van der Waals surface area contributed by atoms with Crippen LogP contribution in [0.15, 0.2) is 42.5 Å². The Hall–Kier alpha value is -1.66. The molecule has 0 amide bonds. The van der Waals surface area contributed by atoms with Crippen LogP contribution in [0.5, 0.6) is 0 Å². The number of carbonyl (C=O) groups is 1. The SMILES string of the molecule is CN[C@@H](COCc1ccccc1)C(=O)OCc1cc(Cl)nc(Cl)c1. The number of rotatable bonds is 8. The minimum absolute atomic E-state index is 0.0671. The maximum absolute atomic E-state index is 12.1. The summed E-state index contributed by atoms with van der Waals surface area (Å²) in [6.07, 6.45) is 0. The molecule has 5 nitrogen and oxygen atoms in total. The first-order valence-electron chi connectivity index (χ1n) is 7.36. The van der Waals surface area contributed by atoms with Crippen molar-refractivity contribution >= 4 is 29.2 Å². The number of benzene rings is 1. The second-order valence-electron chi connectivity index (χ2n) is 5.07. The van der Waals surface area contributed by atoms with Gasteiger partial charge >= 0.3 is 5.97 Å². The van der Waals surface area contributed by atoms with Crippen LogP contribution in [0.3, 0.4) is 0 Å². The molecule has 0 saturated heterocycles. The number of nitrogens with one attached hydrogen (secondary N) is 1. The zero-order chi connectivity index (χ0) is 17.4. The van der Waals surface area contributed by atoms with E-state index in [1.165, 1.54) is 0 Å². The van der Waals surface area contributed by atoms with Crippen LogP contribution in [-0.4, -0.2) is 30.6 Å². The number of hydrogen-bond donors (Lipinski definition) is 1. The van der Waals surface area contributed by atoms with Crippen LogP contribution >= 0.6 is 23.2 Å². The maximum Gasteiger partial charge on any atom is 0.325 e. The second-order valence-corrected chi connectivity index (χ2v) is 5.85. The average molecular weight is 369 g/mol. The van der Waals surface area contributed by atoms with Gasteiger partial charge in [-0.25, -0.2) is 4.98 Å². The highest BCUT2D eigenvalue weighted by molar-refractivity contribution is 6.32. The minimum atomic E-state index is -0.554. The lowest BCUT2D eigenvalue weighted by molar-refractivity contribution is -0.149. The van der Waals surface area contributed by atoms with E-state index < -0.39 is 12.0 Å². The Morgan fingerprint density at radius 3 is 2.42 bits per heavy atom. The van der Waals surface area contributed by atoms with E-state index >= 15 is 0 Å². The molecule has 0 unspecified atom stereocenters. The van der Waals surface area contributed by atoms with Crippen molar-refractivity contribution in [2.45, 2.75) is 19.3 Å². The number of carbonyl (C=O) groups excluding carboxylic acids is 1. The third-order valence-electron chi connectivity index (χ3n) is 3.23. The molecule has 0 fully saturated rings. The largest absolute Gasteiger partial charge is 0.460 e. The van der Waals surface area contributed by atoms with E-state index in [4.69, 9.17) is 32.7 Å². The predicted molar refractivity (Wildman–Crippen MR) is 93.0 cm³/mol. The highest BCUT2D eigenvalue weighted by atomic mass is 35.5. The number of likely N-dealkylation sites (N-methyl/N-ethyl adjacent to an activating group) is 1. The molecule has 0 aliphatic rings. The van der Waals surface area contributed by atoms with Crippen molar-refractivity contribution in [3.63, 3.8) is 0 Å². The summed E-state index contributed by atoms with van der Waals surface area (Å²) < 4.78 is 10.8. The average Bonchev–Trinajstić information content (AvgIpc) is 2.57. The van der Waals surface area contributed by atoms with E-state index in [-0.39, 0.29) is 23.5 Å². The summed E-state index contributed by atoms with van der Waals surface area (Å²) in [7, 11) is 1.68. The summed E-state index contributed by atoms with van der Waals surface area (Å²) in [6, 6.07) is 12.4. The summed E-state index contributed by atoms with van der Waals surface area (Å²) in [6.45, 7) is 0.710. The summed E-state index contributed by atoms with van der Waals surface area (Å²) >= 11 is 11.6. The van der Waals surface area contributed by atoms with E-state index in [2.05, 4.69) is 10.3 Å². The molecule has 0 saturated carbocycles. The van der Waals surface area contributed by atoms with Gasteiger partial charge in [0.05, 0.1) is 13.2 Å². The zero-order valence-corrected chi connectivity index (χ0v) is 14.7. The first kappa shape index (κ1) is 18.7. The lowest BCUT2D eigenvalue weighted by Crippen LogP contribution is -2.39. The van der Waals surface area contributed by atoms with Gasteiger partial charge in [0.1, 0.15) is 23.0 Å². The fourth-order valence-electron chi connectivity index (χ4n) is 1.99. The smallest absolute Gasteiger partial charge is 0.325 e. The van der Waals surface area contributed by atoms with Crippen LogP contribution in [0, 0.1) is 0 Å². The molecule has 1 N–H and O–H groups in total. The van der Waals surface area contributed by atoms with Crippen molar-refractivity contribution < 1.29 is 14.3 Å². The Kier molecular flexibility index (Phi) is 7.46. The standard InChI is InChI=1S/C17H18Cl2N2O3/c1-20-14(11-23-9-12-5-3-2-4-6-12)17(22)24-10-13-7-15(18)21-16(19)8-13/h2-8,14,20H,9-11H2,1H3/t14-/m0/s1. The van der Waals surface area contributed by atoms with Crippen molar-refractivity contribution in [3.8, 4) is 0 Å². The molecule has 24 heavy (non-hydrogen) atoms. The van der Waals surface area contributed by atoms with Crippen molar-refractivity contribution in [1.29, 1.82) is 0 Å². The maximum atomic E-state index is 12.1. The molecule has 1 aromatic heterocycles. The van der Waals surface area contributed by atoms with Gasteiger partial charge in [0.15, 0.2) is 0 Å². The topological polar surface area (TPSA) is 60.5 Å². The van der Waals surface area contributed by atoms with Gasteiger partial charge in [-0.05, 0) is 30.3 Å². The van der Waals surface area contributed by atoms with Crippen molar-refractivity contribution in [3.05, 3.63) is 63.9 Å². The van der Waals surface area contributed by atoms with Gasteiger partial charge in [-0.1, -0.05) is 53.5 Å². The molecule has 2 rings (SSSR count). The molecule has 0 radical (unpaired) electrons. The van der Waals surface area contributed by atoms with E-state index in [1.807, 2.05) is 30.3 Å². The molecule has 0 spiro atoms. The summed E-state index contributed by atoms with van der Waals surface area (Å²) in [4.78, 5) is 16.0. The van der Waals surface area contributed by atoms with Gasteiger partial charge in [-0.3, -0.25) is 4.79 Å². The normalized spacial score (nSPS) is 12.0. The van der Waals surface area contributed by atoms with Gasteiger partial charge in [0.2, 0.25) is 0 Å². The number of hydrogen-bond acceptors (Lipinski definition) is 5. The lowest BCUT2D eigenvalue weighted by atomic mass is 10.2. The quantitative estimate of drug-likeness (QED) is 0.572. The van der Waals surface area contributed by atoms with Crippen molar-refractivity contribution in [1.82, 2.24) is 10.3 Å². The third kappa shape index (κ3) is 6.09. The Bertz CT molecular complexity index is 648. The van der Waals surface area contributed by atoms with Crippen LogP contribution < -0.4 is 5.32 Å². The Morgan fingerprint density at radius 2 is 1.79 bits per heavy atom. The summed E-state index contributed by atoms with van der Waals surface area (Å²) in [5.41, 5.74) is 1.72. The van der Waals surface area contributed by atoms with Gasteiger partial charge in [0.25, 0.3) is 0 Å². The first-order chi connectivity index (χ1) is 11.6. The van der Waals surface area contributed by atoms with Crippen molar-refractivity contribution in [2.24, 2.45) is 0 Å².